The van der Waals surface area contributed by atoms with Crippen molar-refractivity contribution in [1.29, 1.82) is 0 Å². The Labute approximate surface area is 206 Å². The van der Waals surface area contributed by atoms with Crippen molar-refractivity contribution < 1.29 is 14.6 Å². The summed E-state index contributed by atoms with van der Waals surface area (Å²) in [4.78, 5) is 6.82. The first-order valence-corrected chi connectivity index (χ1v) is 12.5. The molecule has 1 saturated heterocycles. The zero-order valence-corrected chi connectivity index (χ0v) is 21.2. The van der Waals surface area contributed by atoms with E-state index in [1.165, 1.54) is 11.3 Å². The molecular weight excluding hydrogens is 444 g/mol. The van der Waals surface area contributed by atoms with Crippen LogP contribution in [0, 0.1) is 12.8 Å². The highest BCUT2D eigenvalue weighted by molar-refractivity contribution is 5.64. The number of hydrogen-bond acceptors (Lipinski definition) is 7. The molecule has 9 nitrogen and oxygen atoms in total. The van der Waals surface area contributed by atoms with Gasteiger partial charge in [-0.15, -0.1) is 0 Å². The van der Waals surface area contributed by atoms with Gasteiger partial charge in [0.1, 0.15) is 0 Å². The van der Waals surface area contributed by atoms with Crippen molar-refractivity contribution in [3.8, 4) is 22.8 Å². The van der Waals surface area contributed by atoms with E-state index in [1.807, 2.05) is 42.5 Å². The molecule has 5 rings (SSSR count). The number of hydrogen-bond donors (Lipinski definition) is 1. The molecule has 0 bridgehead atoms. The minimum absolute atomic E-state index is 0.529. The van der Waals surface area contributed by atoms with Gasteiger partial charge >= 0.3 is 0 Å². The number of methoxy groups -OCH3 is 1. The van der Waals surface area contributed by atoms with Crippen LogP contribution in [0.15, 0.2) is 24.7 Å². The Morgan fingerprint density at radius 1 is 1.23 bits per heavy atom. The molecule has 9 heteroatoms. The van der Waals surface area contributed by atoms with E-state index in [4.69, 9.17) is 14.6 Å². The van der Waals surface area contributed by atoms with E-state index in [0.717, 1.165) is 61.4 Å². The first kappa shape index (κ1) is 24.0. The number of aromatic nitrogens is 5. The lowest BCUT2D eigenvalue weighted by Crippen LogP contribution is -2.37. The van der Waals surface area contributed by atoms with Crippen LogP contribution in [0.25, 0.3) is 16.9 Å². The second-order valence-electron chi connectivity index (χ2n) is 10.5. The molecule has 1 N–H and O–H groups in total. The van der Waals surface area contributed by atoms with Gasteiger partial charge < -0.3 is 19.5 Å². The quantitative estimate of drug-likeness (QED) is 0.556. The Balaban J connectivity index is 1.39. The van der Waals surface area contributed by atoms with Crippen LogP contribution in [0.3, 0.4) is 0 Å². The van der Waals surface area contributed by atoms with E-state index in [1.54, 1.807) is 7.11 Å². The number of fused-ring (bicyclic) bond motifs is 1. The summed E-state index contributed by atoms with van der Waals surface area (Å²) in [7, 11) is 1.64. The normalized spacial score (nSPS) is 19.1. The molecule has 0 saturated carbocycles. The molecular formula is C26H36N6O3. The van der Waals surface area contributed by atoms with Crippen molar-refractivity contribution in [3.63, 3.8) is 0 Å². The van der Waals surface area contributed by atoms with Crippen molar-refractivity contribution in [2.24, 2.45) is 5.92 Å². The minimum atomic E-state index is -0.661. The average molecular weight is 481 g/mol. The smallest absolute Gasteiger partial charge is 0.216 e. The lowest BCUT2D eigenvalue weighted by atomic mass is 10.0. The molecule has 2 aliphatic rings. The lowest BCUT2D eigenvalue weighted by Gasteiger charge is -2.25. The summed E-state index contributed by atoms with van der Waals surface area (Å²) >= 11 is 0. The van der Waals surface area contributed by atoms with E-state index in [0.29, 0.717) is 31.6 Å². The first-order valence-electron chi connectivity index (χ1n) is 12.5. The summed E-state index contributed by atoms with van der Waals surface area (Å²) in [5, 5.41) is 19.9. The number of β-amino-alcohol motifs (C(OH)–C–C–N with tert-alkyl or cyclic N) is 1. The number of ether oxygens (including phenoxy) is 2. The van der Waals surface area contributed by atoms with Gasteiger partial charge in [0.2, 0.25) is 5.88 Å². The van der Waals surface area contributed by atoms with Crippen molar-refractivity contribution in [2.75, 3.05) is 40.0 Å². The van der Waals surface area contributed by atoms with E-state index in [2.05, 4.69) is 27.2 Å². The Morgan fingerprint density at radius 2 is 2.06 bits per heavy atom. The molecule has 0 unspecified atom stereocenters. The zero-order valence-electron chi connectivity index (χ0n) is 21.2. The molecule has 188 valence electrons. The third-order valence-corrected chi connectivity index (χ3v) is 6.86. The third kappa shape index (κ3) is 5.27. The number of nitrogens with zero attached hydrogens (tertiary/aromatic N) is 6. The fourth-order valence-electron chi connectivity index (χ4n) is 5.38. The molecule has 1 fully saturated rings. The van der Waals surface area contributed by atoms with Crippen LogP contribution < -0.4 is 4.74 Å². The van der Waals surface area contributed by atoms with Gasteiger partial charge in [0.05, 0.1) is 55.4 Å². The third-order valence-electron chi connectivity index (χ3n) is 6.86. The SMILES string of the molecule is COc1ncc(-n2nc(-c3cnn(C[C@@H]4CCN(CC(C)(C)O)C4)c3)c3c2CCOCC3)cc1C. The maximum Gasteiger partial charge on any atom is 0.216 e. The molecule has 1 atom stereocenters. The van der Waals surface area contributed by atoms with Crippen LogP contribution in [0.5, 0.6) is 5.88 Å². The van der Waals surface area contributed by atoms with E-state index in [9.17, 15) is 5.11 Å². The van der Waals surface area contributed by atoms with E-state index >= 15 is 0 Å². The molecule has 0 aromatic carbocycles. The predicted octanol–water partition coefficient (Wildman–Crippen LogP) is 2.66. The summed E-state index contributed by atoms with van der Waals surface area (Å²) in [5.74, 6) is 1.16. The fraction of sp³-hybridized carbons (Fsp3) is 0.577. The second-order valence-corrected chi connectivity index (χ2v) is 10.5. The monoisotopic (exact) mass is 480 g/mol. The first-order chi connectivity index (χ1) is 16.8. The van der Waals surface area contributed by atoms with Crippen molar-refractivity contribution in [1.82, 2.24) is 29.4 Å². The van der Waals surface area contributed by atoms with Gasteiger partial charge in [0.25, 0.3) is 0 Å². The molecule has 3 aromatic heterocycles. The lowest BCUT2D eigenvalue weighted by molar-refractivity contribution is 0.0426. The Morgan fingerprint density at radius 3 is 2.83 bits per heavy atom. The zero-order chi connectivity index (χ0) is 24.6. The summed E-state index contributed by atoms with van der Waals surface area (Å²) in [6.07, 6.45) is 8.62. The fourth-order valence-corrected chi connectivity index (χ4v) is 5.38. The number of likely N-dealkylation sites (tertiary alicyclic amines) is 1. The molecule has 3 aromatic rings. The number of rotatable bonds is 7. The van der Waals surface area contributed by atoms with Crippen molar-refractivity contribution >= 4 is 0 Å². The van der Waals surface area contributed by atoms with Gasteiger partial charge in [-0.1, -0.05) is 0 Å². The molecule has 35 heavy (non-hydrogen) atoms. The summed E-state index contributed by atoms with van der Waals surface area (Å²) < 4.78 is 15.2. The second kappa shape index (κ2) is 9.72. The van der Waals surface area contributed by atoms with Gasteiger partial charge in [-0.3, -0.25) is 4.68 Å². The molecule has 0 radical (unpaired) electrons. The van der Waals surface area contributed by atoms with Crippen molar-refractivity contribution in [3.05, 3.63) is 41.5 Å². The number of aliphatic hydroxyl groups is 1. The predicted molar refractivity (Wildman–Crippen MR) is 133 cm³/mol. The largest absolute Gasteiger partial charge is 0.481 e. The van der Waals surface area contributed by atoms with E-state index < -0.39 is 5.60 Å². The van der Waals surface area contributed by atoms with Crippen LogP contribution in [0.4, 0.5) is 0 Å². The average Bonchev–Trinajstić information content (AvgIpc) is 3.48. The van der Waals surface area contributed by atoms with Gasteiger partial charge in [-0.2, -0.15) is 10.2 Å². The molecule has 0 spiro atoms. The van der Waals surface area contributed by atoms with Gasteiger partial charge in [0.15, 0.2) is 0 Å². The maximum atomic E-state index is 10.1. The van der Waals surface area contributed by atoms with Gasteiger partial charge in [-0.25, -0.2) is 9.67 Å². The van der Waals surface area contributed by atoms with Crippen molar-refractivity contribution in [2.45, 2.75) is 52.2 Å². The van der Waals surface area contributed by atoms with Crippen LogP contribution in [0.1, 0.15) is 37.1 Å². The highest BCUT2D eigenvalue weighted by Gasteiger charge is 2.28. The highest BCUT2D eigenvalue weighted by atomic mass is 16.5. The van der Waals surface area contributed by atoms with Crippen LogP contribution in [-0.4, -0.2) is 80.1 Å². The standard InChI is InChI=1S/C26H36N6O3/c1-18-11-21(13-27-25(18)34-4)32-23-7-10-35-9-6-22(23)24(29-32)20-12-28-31(16-20)15-19-5-8-30(14-19)17-26(2,3)33/h11-13,16,19,33H,5-10,14-15,17H2,1-4H3/t19-/m1/s1. The Bertz CT molecular complexity index is 1180. The van der Waals surface area contributed by atoms with E-state index in [-0.39, 0.29) is 0 Å². The highest BCUT2D eigenvalue weighted by Crippen LogP contribution is 2.31. The van der Waals surface area contributed by atoms with Crippen LogP contribution >= 0.6 is 0 Å². The Hall–Kier alpha value is -2.75. The number of aryl methyl sites for hydroxylation is 1. The van der Waals surface area contributed by atoms with Crippen LogP contribution in [0.2, 0.25) is 0 Å². The molecule has 0 amide bonds. The minimum Gasteiger partial charge on any atom is -0.481 e. The maximum absolute atomic E-state index is 10.1. The Kier molecular flexibility index (Phi) is 6.65. The van der Waals surface area contributed by atoms with Crippen LogP contribution in [-0.2, 0) is 24.1 Å². The molecule has 5 heterocycles. The summed E-state index contributed by atoms with van der Waals surface area (Å²) in [5.41, 5.74) is 5.65. The molecule has 0 aliphatic carbocycles. The van der Waals surface area contributed by atoms with Gasteiger partial charge in [-0.05, 0) is 52.1 Å². The topological polar surface area (TPSA) is 90.5 Å². The summed E-state index contributed by atoms with van der Waals surface area (Å²) in [6.45, 7) is 10.7. The number of pyridine rings is 1. The summed E-state index contributed by atoms with van der Waals surface area (Å²) in [6, 6.07) is 2.07. The molecule has 2 aliphatic heterocycles. The van der Waals surface area contributed by atoms with Gasteiger partial charge in [0, 0.05) is 48.9 Å².